The molecule has 1 aliphatic carbocycles. The molecule has 0 bridgehead atoms. The highest BCUT2D eigenvalue weighted by Crippen LogP contribution is 2.42. The van der Waals surface area contributed by atoms with Crippen LogP contribution in [0.25, 0.3) is 0 Å². The van der Waals surface area contributed by atoms with Gasteiger partial charge in [-0.25, -0.2) is 0 Å². The Morgan fingerprint density at radius 1 is 1.58 bits per heavy atom. The van der Waals surface area contributed by atoms with Crippen LogP contribution < -0.4 is 0 Å². The van der Waals surface area contributed by atoms with Crippen molar-refractivity contribution in [3.05, 3.63) is 12.2 Å². The molecule has 12 heavy (non-hydrogen) atoms. The zero-order chi connectivity index (χ0) is 8.97. The summed E-state index contributed by atoms with van der Waals surface area (Å²) in [5.41, 5.74) is 0. The van der Waals surface area contributed by atoms with Crippen LogP contribution in [0.4, 0.5) is 0 Å². The first-order valence-electron chi connectivity index (χ1n) is 5.10. The molecule has 0 spiro atoms. The van der Waals surface area contributed by atoms with Gasteiger partial charge in [-0.15, -0.1) is 0 Å². The fourth-order valence-electron chi connectivity index (χ4n) is 1.60. The SMILES string of the molecule is CCCC/C=C/[C@@H]1C[C@H]1[C@@H](C)O. The molecule has 1 aliphatic rings. The van der Waals surface area contributed by atoms with Crippen molar-refractivity contribution in [2.24, 2.45) is 11.8 Å². The average molecular weight is 168 g/mol. The van der Waals surface area contributed by atoms with Gasteiger partial charge in [0.15, 0.2) is 0 Å². The second-order valence-corrected chi connectivity index (χ2v) is 3.87. The van der Waals surface area contributed by atoms with E-state index in [0.717, 1.165) is 0 Å². The highest BCUT2D eigenvalue weighted by atomic mass is 16.3. The van der Waals surface area contributed by atoms with Crippen LogP contribution in [0.2, 0.25) is 0 Å². The summed E-state index contributed by atoms with van der Waals surface area (Å²) in [4.78, 5) is 0. The van der Waals surface area contributed by atoms with Gasteiger partial charge < -0.3 is 5.11 Å². The fraction of sp³-hybridized carbons (Fsp3) is 0.818. The second-order valence-electron chi connectivity index (χ2n) is 3.87. The Morgan fingerprint density at radius 2 is 2.33 bits per heavy atom. The Morgan fingerprint density at radius 3 is 2.83 bits per heavy atom. The van der Waals surface area contributed by atoms with E-state index in [-0.39, 0.29) is 6.10 Å². The van der Waals surface area contributed by atoms with Gasteiger partial charge in [0.25, 0.3) is 0 Å². The van der Waals surface area contributed by atoms with Crippen LogP contribution in [0, 0.1) is 11.8 Å². The number of rotatable bonds is 5. The quantitative estimate of drug-likeness (QED) is 0.494. The lowest BCUT2D eigenvalue weighted by Crippen LogP contribution is -2.02. The predicted molar refractivity (Wildman–Crippen MR) is 51.9 cm³/mol. The Hall–Kier alpha value is -0.300. The van der Waals surface area contributed by atoms with Gasteiger partial charge in [0, 0.05) is 0 Å². The molecule has 70 valence electrons. The Balaban J connectivity index is 2.06. The molecule has 1 heteroatoms. The van der Waals surface area contributed by atoms with Crippen molar-refractivity contribution >= 4 is 0 Å². The van der Waals surface area contributed by atoms with E-state index in [4.69, 9.17) is 0 Å². The number of allylic oxidation sites excluding steroid dienone is 2. The molecule has 0 heterocycles. The van der Waals surface area contributed by atoms with Crippen molar-refractivity contribution < 1.29 is 5.11 Å². The van der Waals surface area contributed by atoms with E-state index in [1.165, 1.54) is 25.7 Å². The van der Waals surface area contributed by atoms with Crippen LogP contribution in [-0.2, 0) is 0 Å². The zero-order valence-electron chi connectivity index (χ0n) is 8.16. The first-order chi connectivity index (χ1) is 5.75. The molecule has 0 aliphatic heterocycles. The van der Waals surface area contributed by atoms with Crippen LogP contribution in [0.15, 0.2) is 12.2 Å². The molecule has 3 atom stereocenters. The Bertz CT molecular complexity index is 149. The smallest absolute Gasteiger partial charge is 0.0546 e. The van der Waals surface area contributed by atoms with Crippen LogP contribution in [0.5, 0.6) is 0 Å². The number of aliphatic hydroxyl groups is 1. The number of aliphatic hydroxyl groups excluding tert-OH is 1. The molecule has 0 aromatic heterocycles. The van der Waals surface area contributed by atoms with Crippen LogP contribution in [0.3, 0.4) is 0 Å². The summed E-state index contributed by atoms with van der Waals surface area (Å²) in [5, 5.41) is 9.23. The third-order valence-electron chi connectivity index (χ3n) is 2.62. The van der Waals surface area contributed by atoms with Gasteiger partial charge in [0.2, 0.25) is 0 Å². The van der Waals surface area contributed by atoms with Gasteiger partial charge >= 0.3 is 0 Å². The summed E-state index contributed by atoms with van der Waals surface area (Å²) >= 11 is 0. The summed E-state index contributed by atoms with van der Waals surface area (Å²) in [6, 6.07) is 0. The molecule has 0 radical (unpaired) electrons. The summed E-state index contributed by atoms with van der Waals surface area (Å²) in [7, 11) is 0. The van der Waals surface area contributed by atoms with Gasteiger partial charge in [0.1, 0.15) is 0 Å². The minimum Gasteiger partial charge on any atom is -0.393 e. The maximum Gasteiger partial charge on any atom is 0.0546 e. The van der Waals surface area contributed by atoms with E-state index in [1.807, 2.05) is 6.92 Å². The predicted octanol–water partition coefficient (Wildman–Crippen LogP) is 2.75. The summed E-state index contributed by atoms with van der Waals surface area (Å²) in [6.45, 7) is 4.11. The Labute approximate surface area is 75.5 Å². The zero-order valence-corrected chi connectivity index (χ0v) is 8.16. The Kier molecular flexibility index (Phi) is 3.80. The van der Waals surface area contributed by atoms with Crippen molar-refractivity contribution in [2.75, 3.05) is 0 Å². The van der Waals surface area contributed by atoms with Gasteiger partial charge in [-0.1, -0.05) is 31.9 Å². The fourth-order valence-corrected chi connectivity index (χ4v) is 1.60. The largest absolute Gasteiger partial charge is 0.393 e. The molecule has 0 unspecified atom stereocenters. The molecule has 0 saturated heterocycles. The molecule has 0 aromatic rings. The van der Waals surface area contributed by atoms with Gasteiger partial charge in [-0.2, -0.15) is 0 Å². The number of hydrogen-bond donors (Lipinski definition) is 1. The van der Waals surface area contributed by atoms with Crippen molar-refractivity contribution in [3.8, 4) is 0 Å². The van der Waals surface area contributed by atoms with Crippen LogP contribution >= 0.6 is 0 Å². The maximum absolute atomic E-state index is 9.23. The summed E-state index contributed by atoms with van der Waals surface area (Å²) in [6.07, 6.45) is 9.42. The molecule has 1 rings (SSSR count). The van der Waals surface area contributed by atoms with E-state index in [2.05, 4.69) is 19.1 Å². The third-order valence-corrected chi connectivity index (χ3v) is 2.62. The van der Waals surface area contributed by atoms with E-state index in [9.17, 15) is 5.11 Å². The topological polar surface area (TPSA) is 20.2 Å². The van der Waals surface area contributed by atoms with Gasteiger partial charge in [-0.05, 0) is 31.6 Å². The van der Waals surface area contributed by atoms with Crippen LogP contribution in [0.1, 0.15) is 39.5 Å². The lowest BCUT2D eigenvalue weighted by molar-refractivity contribution is 0.167. The highest BCUT2D eigenvalue weighted by molar-refractivity contribution is 5.03. The van der Waals surface area contributed by atoms with Gasteiger partial charge in [0.05, 0.1) is 6.10 Å². The van der Waals surface area contributed by atoms with E-state index in [0.29, 0.717) is 11.8 Å². The maximum atomic E-state index is 9.23. The molecule has 1 saturated carbocycles. The molecule has 1 nitrogen and oxygen atoms in total. The molecule has 0 amide bonds. The minimum atomic E-state index is -0.106. The number of hydrogen-bond acceptors (Lipinski definition) is 1. The summed E-state index contributed by atoms with van der Waals surface area (Å²) in [5.74, 6) is 1.24. The third kappa shape index (κ3) is 2.98. The van der Waals surface area contributed by atoms with E-state index >= 15 is 0 Å². The second kappa shape index (κ2) is 4.66. The van der Waals surface area contributed by atoms with E-state index < -0.39 is 0 Å². The average Bonchev–Trinajstić information content (AvgIpc) is 2.77. The molecule has 0 aromatic carbocycles. The van der Waals surface area contributed by atoms with E-state index in [1.54, 1.807) is 0 Å². The molecule has 1 fully saturated rings. The van der Waals surface area contributed by atoms with Crippen molar-refractivity contribution in [3.63, 3.8) is 0 Å². The minimum absolute atomic E-state index is 0.106. The van der Waals surface area contributed by atoms with Crippen molar-refractivity contribution in [1.29, 1.82) is 0 Å². The normalized spacial score (nSPS) is 30.9. The van der Waals surface area contributed by atoms with Gasteiger partial charge in [-0.3, -0.25) is 0 Å². The monoisotopic (exact) mass is 168 g/mol. The highest BCUT2D eigenvalue weighted by Gasteiger charge is 2.37. The van der Waals surface area contributed by atoms with Crippen molar-refractivity contribution in [2.45, 2.75) is 45.6 Å². The molecular formula is C11H20O. The van der Waals surface area contributed by atoms with Crippen molar-refractivity contribution in [1.82, 2.24) is 0 Å². The molecular weight excluding hydrogens is 148 g/mol. The summed E-state index contributed by atoms with van der Waals surface area (Å²) < 4.78 is 0. The first kappa shape index (κ1) is 9.79. The standard InChI is InChI=1S/C11H20O/c1-3-4-5-6-7-10-8-11(10)9(2)12/h6-7,9-12H,3-5,8H2,1-2H3/b7-6+/t9-,10-,11+/m1/s1. The van der Waals surface area contributed by atoms with Crippen LogP contribution in [-0.4, -0.2) is 11.2 Å². The number of unbranched alkanes of at least 4 members (excludes halogenated alkanes) is 2. The molecule has 1 N–H and O–H groups in total. The first-order valence-corrected chi connectivity index (χ1v) is 5.10. The lowest BCUT2D eigenvalue weighted by atomic mass is 10.2. The lowest BCUT2D eigenvalue weighted by Gasteiger charge is -1.98.